The van der Waals surface area contributed by atoms with Crippen molar-refractivity contribution in [2.75, 3.05) is 5.73 Å². The molecule has 4 N–H and O–H groups in total. The first kappa shape index (κ1) is 15.3. The predicted octanol–water partition coefficient (Wildman–Crippen LogP) is 2.85. The fraction of sp³-hybridized carbons (Fsp3) is 0.143. The van der Waals surface area contributed by atoms with Crippen LogP contribution in [0.3, 0.4) is 0 Å². The number of carbonyl (C=O) groups excluding carboxylic acids is 1. The lowest BCUT2D eigenvalue weighted by molar-refractivity contribution is 0.0945. The Hall–Kier alpha value is -2.05. The summed E-state index contributed by atoms with van der Waals surface area (Å²) in [7, 11) is 0. The number of amides is 1. The second-order valence-corrected chi connectivity index (χ2v) is 5.71. The summed E-state index contributed by atoms with van der Waals surface area (Å²) in [4.78, 5) is 16.7. The van der Waals surface area contributed by atoms with Gasteiger partial charge in [-0.15, -0.1) is 0 Å². The molecule has 0 aliphatic rings. The molecule has 0 aliphatic heterocycles. The molecule has 2 aromatic rings. The number of anilines is 1. The number of aromatic nitrogens is 1. The first-order chi connectivity index (χ1) is 10.0. The van der Waals surface area contributed by atoms with Crippen LogP contribution in [-0.2, 0) is 6.42 Å². The molecule has 0 saturated heterocycles. The van der Waals surface area contributed by atoms with Crippen LogP contribution in [0, 0.1) is 0 Å². The number of benzene rings is 1. The fourth-order valence-corrected chi connectivity index (χ4v) is 2.64. The van der Waals surface area contributed by atoms with Crippen molar-refractivity contribution in [2.45, 2.75) is 13.3 Å². The highest BCUT2D eigenvalue weighted by Crippen LogP contribution is 2.20. The lowest BCUT2D eigenvalue weighted by Gasteiger charge is -2.11. The monoisotopic (exact) mass is 322 g/mol. The topological polar surface area (TPSA) is 80.0 Å². The van der Waals surface area contributed by atoms with Gasteiger partial charge in [0.05, 0.1) is 11.4 Å². The van der Waals surface area contributed by atoms with Crippen molar-refractivity contribution < 1.29 is 4.79 Å². The number of halogens is 1. The second-order valence-electron chi connectivity index (χ2n) is 4.25. The first-order valence-corrected chi connectivity index (χ1v) is 7.47. The SMILES string of the molecule is C=C(NNC(=O)c1sc(N)nc1CC)c1ccc(Cl)cc1. The minimum absolute atomic E-state index is 0.281. The van der Waals surface area contributed by atoms with Crippen molar-refractivity contribution in [3.63, 3.8) is 0 Å². The molecule has 0 unspecified atom stereocenters. The van der Waals surface area contributed by atoms with Gasteiger partial charge in [0.25, 0.3) is 5.91 Å². The Morgan fingerprint density at radius 3 is 2.67 bits per heavy atom. The third-order valence-electron chi connectivity index (χ3n) is 2.77. The molecule has 0 atom stereocenters. The van der Waals surface area contributed by atoms with Crippen LogP contribution in [0.5, 0.6) is 0 Å². The van der Waals surface area contributed by atoms with E-state index in [1.807, 2.05) is 19.1 Å². The van der Waals surface area contributed by atoms with Gasteiger partial charge in [0, 0.05) is 5.02 Å². The maximum Gasteiger partial charge on any atom is 0.281 e. The number of rotatable bonds is 5. The maximum atomic E-state index is 12.1. The lowest BCUT2D eigenvalue weighted by Crippen LogP contribution is -2.35. The molecule has 21 heavy (non-hydrogen) atoms. The molecular formula is C14H15ClN4OS. The molecule has 2 rings (SSSR count). The van der Waals surface area contributed by atoms with Gasteiger partial charge in [-0.2, -0.15) is 0 Å². The van der Waals surface area contributed by atoms with Crippen LogP contribution in [0.4, 0.5) is 5.13 Å². The Bertz CT molecular complexity index is 666. The van der Waals surface area contributed by atoms with E-state index in [0.717, 1.165) is 16.9 Å². The van der Waals surface area contributed by atoms with E-state index in [1.165, 1.54) is 0 Å². The number of hydrogen-bond acceptors (Lipinski definition) is 5. The summed E-state index contributed by atoms with van der Waals surface area (Å²) in [6.07, 6.45) is 0.647. The van der Waals surface area contributed by atoms with Gasteiger partial charge in [-0.3, -0.25) is 15.6 Å². The molecular weight excluding hydrogens is 308 g/mol. The largest absolute Gasteiger partial charge is 0.375 e. The van der Waals surface area contributed by atoms with E-state index < -0.39 is 0 Å². The van der Waals surface area contributed by atoms with Gasteiger partial charge in [0.2, 0.25) is 0 Å². The van der Waals surface area contributed by atoms with Gasteiger partial charge >= 0.3 is 0 Å². The van der Waals surface area contributed by atoms with Gasteiger partial charge in [-0.05, 0) is 24.1 Å². The Labute approximate surface area is 131 Å². The van der Waals surface area contributed by atoms with Crippen molar-refractivity contribution in [2.24, 2.45) is 0 Å². The van der Waals surface area contributed by atoms with Gasteiger partial charge in [-0.1, -0.05) is 48.6 Å². The van der Waals surface area contributed by atoms with Crippen molar-refractivity contribution >= 4 is 39.7 Å². The predicted molar refractivity (Wildman–Crippen MR) is 87.0 cm³/mol. The second kappa shape index (κ2) is 6.60. The average molecular weight is 323 g/mol. The molecule has 1 aromatic carbocycles. The normalized spacial score (nSPS) is 10.2. The van der Waals surface area contributed by atoms with E-state index in [2.05, 4.69) is 22.4 Å². The van der Waals surface area contributed by atoms with E-state index in [4.69, 9.17) is 17.3 Å². The van der Waals surface area contributed by atoms with Gasteiger partial charge < -0.3 is 5.73 Å². The number of nitrogens with one attached hydrogen (secondary N) is 2. The van der Waals surface area contributed by atoms with Gasteiger partial charge in [0.15, 0.2) is 5.13 Å². The minimum atomic E-state index is -0.281. The first-order valence-electron chi connectivity index (χ1n) is 6.27. The zero-order chi connectivity index (χ0) is 15.4. The van der Waals surface area contributed by atoms with Crippen molar-refractivity contribution in [1.29, 1.82) is 0 Å². The van der Waals surface area contributed by atoms with Crippen LogP contribution in [-0.4, -0.2) is 10.9 Å². The Balaban J connectivity index is 2.00. The molecule has 0 radical (unpaired) electrons. The highest BCUT2D eigenvalue weighted by molar-refractivity contribution is 7.17. The highest BCUT2D eigenvalue weighted by Gasteiger charge is 2.15. The third-order valence-corrected chi connectivity index (χ3v) is 3.95. The van der Waals surface area contributed by atoms with Crippen molar-refractivity contribution in [3.05, 3.63) is 52.0 Å². The molecule has 0 saturated carbocycles. The van der Waals surface area contributed by atoms with Crippen LogP contribution in [0.1, 0.15) is 27.9 Å². The smallest absolute Gasteiger partial charge is 0.281 e. The number of thiazole rings is 1. The summed E-state index contributed by atoms with van der Waals surface area (Å²) >= 11 is 6.99. The number of hydrogen-bond donors (Lipinski definition) is 3. The average Bonchev–Trinajstić information content (AvgIpc) is 2.86. The summed E-state index contributed by atoms with van der Waals surface area (Å²) < 4.78 is 0. The number of nitrogens with two attached hydrogens (primary N) is 1. The summed E-state index contributed by atoms with van der Waals surface area (Å²) in [6, 6.07) is 7.13. The van der Waals surface area contributed by atoms with E-state index in [0.29, 0.717) is 32.8 Å². The molecule has 1 aromatic heterocycles. The Kier molecular flexibility index (Phi) is 4.82. The van der Waals surface area contributed by atoms with E-state index in [1.54, 1.807) is 12.1 Å². The number of nitrogens with zero attached hydrogens (tertiary/aromatic N) is 1. The Morgan fingerprint density at radius 2 is 2.05 bits per heavy atom. The van der Waals surface area contributed by atoms with Crippen LogP contribution < -0.4 is 16.6 Å². The number of aryl methyl sites for hydroxylation is 1. The summed E-state index contributed by atoms with van der Waals surface area (Å²) in [5, 5.41) is 1.02. The zero-order valence-electron chi connectivity index (χ0n) is 11.4. The minimum Gasteiger partial charge on any atom is -0.375 e. The summed E-state index contributed by atoms with van der Waals surface area (Å²) in [6.45, 7) is 5.78. The number of carbonyl (C=O) groups is 1. The van der Waals surface area contributed by atoms with E-state index >= 15 is 0 Å². The van der Waals surface area contributed by atoms with Gasteiger partial charge in [0.1, 0.15) is 4.88 Å². The van der Waals surface area contributed by atoms with Crippen LogP contribution in [0.2, 0.25) is 5.02 Å². The van der Waals surface area contributed by atoms with Crippen molar-refractivity contribution in [1.82, 2.24) is 15.8 Å². The van der Waals surface area contributed by atoms with Crippen LogP contribution >= 0.6 is 22.9 Å². The molecule has 0 bridgehead atoms. The van der Waals surface area contributed by atoms with Crippen LogP contribution in [0.25, 0.3) is 5.70 Å². The summed E-state index contributed by atoms with van der Waals surface area (Å²) in [5.74, 6) is -0.281. The molecule has 0 spiro atoms. The van der Waals surface area contributed by atoms with Crippen LogP contribution in [0.15, 0.2) is 30.8 Å². The molecule has 0 fully saturated rings. The molecule has 7 heteroatoms. The quantitative estimate of drug-likeness (QED) is 0.739. The molecule has 5 nitrogen and oxygen atoms in total. The van der Waals surface area contributed by atoms with E-state index in [9.17, 15) is 4.79 Å². The number of hydrazine groups is 1. The highest BCUT2D eigenvalue weighted by atomic mass is 35.5. The number of nitrogen functional groups attached to an aromatic ring is 1. The summed E-state index contributed by atoms with van der Waals surface area (Å²) in [5.41, 5.74) is 13.1. The third kappa shape index (κ3) is 3.74. The molecule has 1 amide bonds. The maximum absolute atomic E-state index is 12.1. The molecule has 1 heterocycles. The van der Waals surface area contributed by atoms with Gasteiger partial charge in [-0.25, -0.2) is 4.98 Å². The Morgan fingerprint density at radius 1 is 1.38 bits per heavy atom. The van der Waals surface area contributed by atoms with E-state index in [-0.39, 0.29) is 5.91 Å². The lowest BCUT2D eigenvalue weighted by atomic mass is 10.2. The van der Waals surface area contributed by atoms with Crippen molar-refractivity contribution in [3.8, 4) is 0 Å². The standard InChI is InChI=1S/C14H15ClN4OS/c1-3-11-12(21-14(16)17-11)13(20)19-18-8(2)9-4-6-10(15)7-5-9/h4-7,18H,2-3H2,1H3,(H2,16,17)(H,19,20). The molecule has 110 valence electrons. The fourth-order valence-electron chi connectivity index (χ4n) is 1.70. The molecule has 0 aliphatic carbocycles. The zero-order valence-corrected chi connectivity index (χ0v) is 13.0.